The molecule has 0 amide bonds. The van der Waals surface area contributed by atoms with Crippen LogP contribution in [0.1, 0.15) is 32.8 Å². The minimum Gasteiger partial charge on any atom is -0.497 e. The van der Waals surface area contributed by atoms with E-state index < -0.39 is 0 Å². The maximum Gasteiger partial charge on any atom is 0.314 e. The SMILES string of the molecule is CC=Cc1cc(OC)ccc1OC(=O)[C@H](C)CC. The number of carbonyl (C=O) groups excluding carboxylic acids is 1. The molecule has 0 aliphatic rings. The first-order chi connectivity index (χ1) is 8.62. The van der Waals surface area contributed by atoms with E-state index in [1.807, 2.05) is 39.0 Å². The summed E-state index contributed by atoms with van der Waals surface area (Å²) in [6, 6.07) is 5.39. The molecule has 1 atom stereocenters. The molecule has 1 aromatic carbocycles. The average Bonchev–Trinajstić information content (AvgIpc) is 2.39. The van der Waals surface area contributed by atoms with E-state index in [0.29, 0.717) is 5.75 Å². The van der Waals surface area contributed by atoms with Crippen molar-refractivity contribution in [3.8, 4) is 11.5 Å². The third kappa shape index (κ3) is 3.62. The molecule has 3 heteroatoms. The maximum atomic E-state index is 11.8. The molecule has 0 saturated carbocycles. The zero-order chi connectivity index (χ0) is 13.5. The molecule has 0 aliphatic heterocycles. The van der Waals surface area contributed by atoms with Gasteiger partial charge in [0.1, 0.15) is 11.5 Å². The maximum absolute atomic E-state index is 11.8. The Morgan fingerprint density at radius 2 is 2.17 bits per heavy atom. The normalized spacial score (nSPS) is 12.4. The minimum absolute atomic E-state index is 0.0921. The summed E-state index contributed by atoms with van der Waals surface area (Å²) in [6.07, 6.45) is 4.56. The summed E-state index contributed by atoms with van der Waals surface area (Å²) in [5.74, 6) is 1.02. The summed E-state index contributed by atoms with van der Waals surface area (Å²) < 4.78 is 10.6. The van der Waals surface area contributed by atoms with Crippen LogP contribution in [0.25, 0.3) is 6.08 Å². The molecule has 0 unspecified atom stereocenters. The van der Waals surface area contributed by atoms with Gasteiger partial charge in [-0.05, 0) is 31.5 Å². The Kier molecular flexibility index (Phi) is 5.43. The molecule has 0 aliphatic carbocycles. The number of benzene rings is 1. The van der Waals surface area contributed by atoms with Crippen LogP contribution in [0.5, 0.6) is 11.5 Å². The van der Waals surface area contributed by atoms with Crippen LogP contribution >= 0.6 is 0 Å². The lowest BCUT2D eigenvalue weighted by molar-refractivity contribution is -0.138. The fourth-order valence-corrected chi connectivity index (χ4v) is 1.43. The number of rotatable bonds is 5. The molecule has 0 bridgehead atoms. The fraction of sp³-hybridized carbons (Fsp3) is 0.400. The predicted molar refractivity (Wildman–Crippen MR) is 72.8 cm³/mol. The second-order valence-corrected chi connectivity index (χ2v) is 4.13. The van der Waals surface area contributed by atoms with E-state index in [-0.39, 0.29) is 11.9 Å². The first kappa shape index (κ1) is 14.3. The van der Waals surface area contributed by atoms with Crippen molar-refractivity contribution in [3.05, 3.63) is 29.8 Å². The Labute approximate surface area is 108 Å². The minimum atomic E-state index is -0.201. The van der Waals surface area contributed by atoms with Gasteiger partial charge in [-0.15, -0.1) is 0 Å². The molecule has 0 aromatic heterocycles. The Morgan fingerprint density at radius 1 is 1.44 bits per heavy atom. The van der Waals surface area contributed by atoms with Crippen molar-refractivity contribution >= 4 is 12.0 Å². The van der Waals surface area contributed by atoms with Gasteiger partial charge in [-0.1, -0.05) is 26.0 Å². The second kappa shape index (κ2) is 6.84. The van der Waals surface area contributed by atoms with Crippen molar-refractivity contribution in [2.75, 3.05) is 7.11 Å². The first-order valence-electron chi connectivity index (χ1n) is 6.14. The number of allylic oxidation sites excluding steroid dienone is 1. The topological polar surface area (TPSA) is 35.5 Å². The predicted octanol–water partition coefficient (Wildman–Crippen LogP) is 3.68. The van der Waals surface area contributed by atoms with Crippen LogP contribution in [-0.2, 0) is 4.79 Å². The van der Waals surface area contributed by atoms with Crippen LogP contribution in [0.4, 0.5) is 0 Å². The molecule has 0 N–H and O–H groups in total. The van der Waals surface area contributed by atoms with Gasteiger partial charge < -0.3 is 9.47 Å². The zero-order valence-corrected chi connectivity index (χ0v) is 11.4. The number of carbonyl (C=O) groups is 1. The molecule has 0 heterocycles. The van der Waals surface area contributed by atoms with Crippen molar-refractivity contribution in [3.63, 3.8) is 0 Å². The molecule has 0 spiro atoms. The smallest absolute Gasteiger partial charge is 0.314 e. The Morgan fingerprint density at radius 3 is 2.72 bits per heavy atom. The quantitative estimate of drug-likeness (QED) is 0.589. The van der Waals surface area contributed by atoms with Gasteiger partial charge in [-0.2, -0.15) is 0 Å². The lowest BCUT2D eigenvalue weighted by Crippen LogP contribution is -2.17. The molecule has 18 heavy (non-hydrogen) atoms. The molecular formula is C15H20O3. The van der Waals surface area contributed by atoms with E-state index in [1.54, 1.807) is 19.2 Å². The molecule has 0 saturated heterocycles. The van der Waals surface area contributed by atoms with Gasteiger partial charge in [0.05, 0.1) is 13.0 Å². The highest BCUT2D eigenvalue weighted by atomic mass is 16.5. The van der Waals surface area contributed by atoms with Gasteiger partial charge in [0.25, 0.3) is 0 Å². The molecule has 0 fully saturated rings. The highest BCUT2D eigenvalue weighted by molar-refractivity contribution is 5.76. The number of ether oxygens (including phenoxy) is 2. The molecule has 3 nitrogen and oxygen atoms in total. The van der Waals surface area contributed by atoms with E-state index in [4.69, 9.17) is 9.47 Å². The van der Waals surface area contributed by atoms with Crippen molar-refractivity contribution in [2.24, 2.45) is 5.92 Å². The zero-order valence-electron chi connectivity index (χ0n) is 11.4. The van der Waals surface area contributed by atoms with Gasteiger partial charge in [-0.3, -0.25) is 4.79 Å². The standard InChI is InChI=1S/C15H20O3/c1-5-7-12-10-13(17-4)8-9-14(12)18-15(16)11(3)6-2/h5,7-11H,6H2,1-4H3/t11-/m1/s1. The fourth-order valence-electron chi connectivity index (χ4n) is 1.43. The van der Waals surface area contributed by atoms with Gasteiger partial charge in [0, 0.05) is 5.56 Å². The van der Waals surface area contributed by atoms with Gasteiger partial charge >= 0.3 is 5.97 Å². The van der Waals surface area contributed by atoms with Crippen molar-refractivity contribution in [1.29, 1.82) is 0 Å². The van der Waals surface area contributed by atoms with Crippen molar-refractivity contribution in [2.45, 2.75) is 27.2 Å². The van der Waals surface area contributed by atoms with Gasteiger partial charge in [0.2, 0.25) is 0 Å². The number of esters is 1. The number of hydrogen-bond donors (Lipinski definition) is 0. The van der Waals surface area contributed by atoms with Gasteiger partial charge in [0.15, 0.2) is 0 Å². The number of methoxy groups -OCH3 is 1. The highest BCUT2D eigenvalue weighted by Crippen LogP contribution is 2.26. The summed E-state index contributed by atoms with van der Waals surface area (Å²) in [6.45, 7) is 5.74. The molecule has 98 valence electrons. The molecule has 1 aromatic rings. The number of hydrogen-bond acceptors (Lipinski definition) is 3. The average molecular weight is 248 g/mol. The van der Waals surface area contributed by atoms with E-state index in [0.717, 1.165) is 17.7 Å². The summed E-state index contributed by atoms with van der Waals surface area (Å²) in [7, 11) is 1.61. The molecular weight excluding hydrogens is 228 g/mol. The van der Waals surface area contributed by atoms with Crippen LogP contribution in [-0.4, -0.2) is 13.1 Å². The summed E-state index contributed by atoms with van der Waals surface area (Å²) >= 11 is 0. The van der Waals surface area contributed by atoms with E-state index in [1.165, 1.54) is 0 Å². The molecule has 0 radical (unpaired) electrons. The Bertz CT molecular complexity index is 435. The van der Waals surface area contributed by atoms with E-state index >= 15 is 0 Å². The van der Waals surface area contributed by atoms with Gasteiger partial charge in [-0.25, -0.2) is 0 Å². The third-order valence-electron chi connectivity index (χ3n) is 2.79. The lowest BCUT2D eigenvalue weighted by Gasteiger charge is -2.12. The monoisotopic (exact) mass is 248 g/mol. The van der Waals surface area contributed by atoms with Crippen LogP contribution in [0.3, 0.4) is 0 Å². The summed E-state index contributed by atoms with van der Waals surface area (Å²) in [4.78, 5) is 11.8. The lowest BCUT2D eigenvalue weighted by atomic mass is 10.1. The van der Waals surface area contributed by atoms with Crippen molar-refractivity contribution in [1.82, 2.24) is 0 Å². The van der Waals surface area contributed by atoms with E-state index in [2.05, 4.69) is 0 Å². The summed E-state index contributed by atoms with van der Waals surface area (Å²) in [5, 5.41) is 0. The Balaban J connectivity index is 2.97. The van der Waals surface area contributed by atoms with E-state index in [9.17, 15) is 4.79 Å². The Hall–Kier alpha value is -1.77. The van der Waals surface area contributed by atoms with Crippen LogP contribution in [0.2, 0.25) is 0 Å². The second-order valence-electron chi connectivity index (χ2n) is 4.13. The summed E-state index contributed by atoms with van der Waals surface area (Å²) in [5.41, 5.74) is 0.841. The first-order valence-corrected chi connectivity index (χ1v) is 6.14. The van der Waals surface area contributed by atoms with Crippen LogP contribution in [0.15, 0.2) is 24.3 Å². The largest absolute Gasteiger partial charge is 0.497 e. The molecule has 1 rings (SSSR count). The third-order valence-corrected chi connectivity index (χ3v) is 2.79. The van der Waals surface area contributed by atoms with Crippen molar-refractivity contribution < 1.29 is 14.3 Å². The van der Waals surface area contributed by atoms with Crippen LogP contribution < -0.4 is 9.47 Å². The van der Waals surface area contributed by atoms with Crippen LogP contribution in [0, 0.1) is 5.92 Å². The highest BCUT2D eigenvalue weighted by Gasteiger charge is 2.14.